The third-order valence-electron chi connectivity index (χ3n) is 4.20. The van der Waals surface area contributed by atoms with Gasteiger partial charge in [0, 0.05) is 25.2 Å². The number of carbonyl (C=O) groups is 1. The van der Waals surface area contributed by atoms with Crippen LogP contribution in [-0.4, -0.2) is 38.6 Å². The van der Waals surface area contributed by atoms with Gasteiger partial charge in [0.05, 0.1) is 13.7 Å². The van der Waals surface area contributed by atoms with Crippen molar-refractivity contribution in [3.63, 3.8) is 0 Å². The van der Waals surface area contributed by atoms with Crippen LogP contribution in [0.25, 0.3) is 0 Å². The maximum atomic E-state index is 11.8. The highest BCUT2D eigenvalue weighted by Gasteiger charge is 2.05. The Labute approximate surface area is 190 Å². The number of amides is 1. The van der Waals surface area contributed by atoms with E-state index in [1.165, 1.54) is 0 Å². The summed E-state index contributed by atoms with van der Waals surface area (Å²) in [5.41, 5.74) is 2.88. The number of halogens is 1. The van der Waals surface area contributed by atoms with Crippen LogP contribution in [0.3, 0.4) is 0 Å². The zero-order chi connectivity index (χ0) is 20.2. The lowest BCUT2D eigenvalue weighted by Crippen LogP contribution is -2.38. The Balaban J connectivity index is 0.00000420. The maximum absolute atomic E-state index is 11.8. The fourth-order valence-corrected chi connectivity index (χ4v) is 2.76. The molecule has 0 heterocycles. The van der Waals surface area contributed by atoms with Crippen molar-refractivity contribution in [1.29, 1.82) is 0 Å². The number of para-hydroxylation sites is 1. The molecule has 158 valence electrons. The van der Waals surface area contributed by atoms with Crippen molar-refractivity contribution in [2.24, 2.45) is 4.99 Å². The minimum absolute atomic E-state index is 0. The first kappa shape index (κ1) is 24.7. The van der Waals surface area contributed by atoms with Crippen LogP contribution in [0.1, 0.15) is 35.3 Å². The molecule has 0 unspecified atom stereocenters. The minimum Gasteiger partial charge on any atom is -0.496 e. The number of nitrogens with zero attached hydrogens (tertiary/aromatic N) is 1. The number of ether oxygens (including phenoxy) is 1. The molecule has 0 aliphatic carbocycles. The van der Waals surface area contributed by atoms with E-state index < -0.39 is 0 Å². The number of benzene rings is 2. The summed E-state index contributed by atoms with van der Waals surface area (Å²) in [6, 6.07) is 15.6. The fourth-order valence-electron chi connectivity index (χ4n) is 2.76. The van der Waals surface area contributed by atoms with Crippen LogP contribution < -0.4 is 20.7 Å². The summed E-state index contributed by atoms with van der Waals surface area (Å²) in [6.07, 6.45) is 0.843. The Morgan fingerprint density at radius 2 is 1.66 bits per heavy atom. The molecule has 0 fully saturated rings. The van der Waals surface area contributed by atoms with Gasteiger partial charge in [-0.2, -0.15) is 0 Å². The quantitative estimate of drug-likeness (QED) is 0.275. The van der Waals surface area contributed by atoms with Crippen molar-refractivity contribution in [3.05, 3.63) is 65.2 Å². The molecule has 2 aromatic rings. The third kappa shape index (κ3) is 8.31. The smallest absolute Gasteiger partial charge is 0.251 e. The van der Waals surface area contributed by atoms with Crippen LogP contribution in [0.15, 0.2) is 53.5 Å². The molecule has 0 bridgehead atoms. The van der Waals surface area contributed by atoms with Crippen molar-refractivity contribution < 1.29 is 9.53 Å². The Hall–Kier alpha value is -2.29. The second-order valence-electron chi connectivity index (χ2n) is 6.24. The van der Waals surface area contributed by atoms with E-state index in [2.05, 4.69) is 27.0 Å². The van der Waals surface area contributed by atoms with Gasteiger partial charge in [0.15, 0.2) is 5.96 Å². The summed E-state index contributed by atoms with van der Waals surface area (Å²) in [5.74, 6) is 1.62. The zero-order valence-electron chi connectivity index (χ0n) is 17.3. The third-order valence-corrected chi connectivity index (χ3v) is 4.20. The molecular formula is C22H31IN4O2. The molecule has 0 aliphatic rings. The highest BCUT2D eigenvalue weighted by Crippen LogP contribution is 2.17. The van der Waals surface area contributed by atoms with Gasteiger partial charge in [-0.05, 0) is 49.6 Å². The van der Waals surface area contributed by atoms with Gasteiger partial charge in [0.25, 0.3) is 5.91 Å². The van der Waals surface area contributed by atoms with Gasteiger partial charge in [-0.25, -0.2) is 4.99 Å². The van der Waals surface area contributed by atoms with E-state index in [1.54, 1.807) is 7.11 Å². The number of aliphatic imine (C=N–C) groups is 1. The number of guanidine groups is 1. The lowest BCUT2D eigenvalue weighted by atomic mass is 10.1. The van der Waals surface area contributed by atoms with Gasteiger partial charge in [0.2, 0.25) is 0 Å². The fraction of sp³-hybridized carbons (Fsp3) is 0.364. The summed E-state index contributed by atoms with van der Waals surface area (Å²) < 4.78 is 5.40. The van der Waals surface area contributed by atoms with E-state index in [-0.39, 0.29) is 29.9 Å². The minimum atomic E-state index is -0.0519. The number of rotatable bonds is 9. The molecule has 0 aromatic heterocycles. The first-order valence-electron chi connectivity index (χ1n) is 9.69. The molecule has 0 aliphatic heterocycles. The van der Waals surface area contributed by atoms with Crippen LogP contribution in [0.2, 0.25) is 0 Å². The average molecular weight is 510 g/mol. The molecule has 1 amide bonds. The topological polar surface area (TPSA) is 74.8 Å². The molecule has 0 atom stereocenters. The Morgan fingerprint density at radius 3 is 2.31 bits per heavy atom. The molecule has 2 aromatic carbocycles. The lowest BCUT2D eigenvalue weighted by Gasteiger charge is -2.13. The van der Waals surface area contributed by atoms with Crippen LogP contribution >= 0.6 is 24.0 Å². The summed E-state index contributed by atoms with van der Waals surface area (Å²) in [7, 11) is 1.69. The number of nitrogens with one attached hydrogen (secondary N) is 3. The van der Waals surface area contributed by atoms with Crippen LogP contribution in [-0.2, 0) is 13.0 Å². The van der Waals surface area contributed by atoms with Crippen LogP contribution in [0.4, 0.5) is 0 Å². The molecule has 0 spiro atoms. The second-order valence-corrected chi connectivity index (χ2v) is 6.24. The largest absolute Gasteiger partial charge is 0.496 e. The first-order chi connectivity index (χ1) is 13.7. The highest BCUT2D eigenvalue weighted by atomic mass is 127. The number of hydrogen-bond acceptors (Lipinski definition) is 3. The number of methoxy groups -OCH3 is 1. The first-order valence-corrected chi connectivity index (χ1v) is 9.69. The van der Waals surface area contributed by atoms with Crippen molar-refractivity contribution in [2.45, 2.75) is 26.8 Å². The molecular weight excluding hydrogens is 479 g/mol. The van der Waals surface area contributed by atoms with Gasteiger partial charge >= 0.3 is 0 Å². The number of carbonyl (C=O) groups excluding carboxylic acids is 1. The molecule has 0 saturated carbocycles. The summed E-state index contributed by atoms with van der Waals surface area (Å²) in [6.45, 7) is 6.65. The van der Waals surface area contributed by atoms with E-state index in [0.29, 0.717) is 18.7 Å². The Kier molecular flexibility index (Phi) is 11.8. The van der Waals surface area contributed by atoms with Crippen molar-refractivity contribution >= 4 is 35.8 Å². The second kappa shape index (κ2) is 13.8. The molecule has 29 heavy (non-hydrogen) atoms. The van der Waals surface area contributed by atoms with E-state index in [1.807, 2.05) is 56.3 Å². The van der Waals surface area contributed by atoms with Gasteiger partial charge in [-0.3, -0.25) is 4.79 Å². The summed E-state index contributed by atoms with van der Waals surface area (Å²) in [4.78, 5) is 16.5. The molecule has 0 saturated heterocycles. The van der Waals surface area contributed by atoms with Gasteiger partial charge in [-0.15, -0.1) is 24.0 Å². The van der Waals surface area contributed by atoms with E-state index >= 15 is 0 Å². The lowest BCUT2D eigenvalue weighted by molar-refractivity contribution is 0.0956. The standard InChI is InChI=1S/C22H30N4O2.HI/c1-4-23-21(27)19-12-10-17(11-13-19)16-26-22(24-5-2)25-15-14-18-8-6-7-9-20(18)28-3;/h6-13H,4-5,14-16H2,1-3H3,(H,23,27)(H2,24,25,26);1H. The summed E-state index contributed by atoms with van der Waals surface area (Å²) >= 11 is 0. The van der Waals surface area contributed by atoms with E-state index in [4.69, 9.17) is 4.74 Å². The predicted octanol–water partition coefficient (Wildman–Crippen LogP) is 3.36. The maximum Gasteiger partial charge on any atom is 0.251 e. The van der Waals surface area contributed by atoms with E-state index in [9.17, 15) is 4.79 Å². The molecule has 2 rings (SSSR count). The van der Waals surface area contributed by atoms with Gasteiger partial charge in [0.1, 0.15) is 5.75 Å². The van der Waals surface area contributed by atoms with Crippen LogP contribution in [0, 0.1) is 0 Å². The Bertz CT molecular complexity index is 779. The predicted molar refractivity (Wildman–Crippen MR) is 129 cm³/mol. The number of hydrogen-bond donors (Lipinski definition) is 3. The zero-order valence-corrected chi connectivity index (χ0v) is 19.7. The van der Waals surface area contributed by atoms with Gasteiger partial charge < -0.3 is 20.7 Å². The Morgan fingerprint density at radius 1 is 0.966 bits per heavy atom. The van der Waals surface area contributed by atoms with Crippen molar-refractivity contribution in [3.8, 4) is 5.75 Å². The normalized spacial score (nSPS) is 10.7. The molecule has 0 radical (unpaired) electrons. The average Bonchev–Trinajstić information content (AvgIpc) is 2.73. The van der Waals surface area contributed by atoms with Crippen molar-refractivity contribution in [1.82, 2.24) is 16.0 Å². The van der Waals surface area contributed by atoms with Gasteiger partial charge in [-0.1, -0.05) is 30.3 Å². The SMILES string of the molecule is CCNC(=O)c1ccc(CN=C(NCC)NCCc2ccccc2OC)cc1.I. The molecule has 7 heteroatoms. The monoisotopic (exact) mass is 510 g/mol. The molecule has 6 nitrogen and oxygen atoms in total. The summed E-state index contributed by atoms with van der Waals surface area (Å²) in [5, 5.41) is 9.41. The van der Waals surface area contributed by atoms with E-state index in [0.717, 1.165) is 42.3 Å². The molecule has 3 N–H and O–H groups in total. The highest BCUT2D eigenvalue weighted by molar-refractivity contribution is 14.0. The van der Waals surface area contributed by atoms with Crippen molar-refractivity contribution in [2.75, 3.05) is 26.7 Å². The van der Waals surface area contributed by atoms with Crippen LogP contribution in [0.5, 0.6) is 5.75 Å².